The zero-order chi connectivity index (χ0) is 30.3. The van der Waals surface area contributed by atoms with Gasteiger partial charge in [0.15, 0.2) is 12.6 Å². The van der Waals surface area contributed by atoms with Crippen molar-refractivity contribution in [2.75, 3.05) is 39.9 Å². The molecule has 3 rings (SSSR count). The molecule has 0 aromatic carbocycles. The molecule has 13 atom stereocenters. The molecule has 3 fully saturated rings. The van der Waals surface area contributed by atoms with Gasteiger partial charge in [-0.15, -0.1) is 0 Å². The molecule has 15 N–H and O–H groups in total. The SMILES string of the molecule is CNC1C(O)C(OC2C(NC(=O)C(O)CNN)CC(N)C(OC3OC(CNCCO)CCC3N)C2O)OCC1(C)O. The summed E-state index contributed by atoms with van der Waals surface area (Å²) in [7, 11) is 1.57. The Morgan fingerprint density at radius 2 is 1.83 bits per heavy atom. The third-order valence-corrected chi connectivity index (χ3v) is 7.84. The van der Waals surface area contributed by atoms with Crippen LogP contribution in [0.2, 0.25) is 0 Å². The maximum absolute atomic E-state index is 12.6. The molecule has 1 aliphatic carbocycles. The number of likely N-dealkylation sites (N-methyl/N-ethyl adjacent to an activating group) is 1. The Kier molecular flexibility index (Phi) is 13.0. The number of hydrogen-bond donors (Lipinski definition) is 12. The van der Waals surface area contributed by atoms with Gasteiger partial charge in [0.1, 0.15) is 36.1 Å². The first kappa shape index (κ1) is 34.4. The molecule has 240 valence electrons. The number of carbonyl (C=O) groups is 1. The number of aliphatic hydroxyl groups excluding tert-OH is 4. The first-order valence-corrected chi connectivity index (χ1v) is 14.0. The maximum Gasteiger partial charge on any atom is 0.250 e. The van der Waals surface area contributed by atoms with Crippen molar-refractivity contribution in [2.45, 2.75) is 105 Å². The molecule has 41 heavy (non-hydrogen) atoms. The van der Waals surface area contributed by atoms with Crippen molar-refractivity contribution < 1.29 is 49.3 Å². The highest BCUT2D eigenvalue weighted by atomic mass is 16.7. The van der Waals surface area contributed by atoms with Crippen LogP contribution in [0.15, 0.2) is 0 Å². The minimum absolute atomic E-state index is 0.0137. The Balaban J connectivity index is 1.78. The quantitative estimate of drug-likeness (QED) is 0.0535. The predicted octanol–water partition coefficient (Wildman–Crippen LogP) is -6.37. The second kappa shape index (κ2) is 15.6. The predicted molar refractivity (Wildman–Crippen MR) is 144 cm³/mol. The second-order valence-corrected chi connectivity index (χ2v) is 11.2. The fraction of sp³-hybridized carbons (Fsp3) is 0.958. The van der Waals surface area contributed by atoms with Crippen molar-refractivity contribution >= 4 is 5.91 Å². The molecular weight excluding hydrogens is 546 g/mol. The van der Waals surface area contributed by atoms with E-state index in [1.54, 1.807) is 7.05 Å². The average Bonchev–Trinajstić information content (AvgIpc) is 2.91. The molecular formula is C24H49N7O10. The van der Waals surface area contributed by atoms with Gasteiger partial charge in [-0.25, -0.2) is 0 Å². The summed E-state index contributed by atoms with van der Waals surface area (Å²) >= 11 is 0. The fourth-order valence-electron chi connectivity index (χ4n) is 5.59. The molecule has 1 saturated carbocycles. The summed E-state index contributed by atoms with van der Waals surface area (Å²) in [6.45, 7) is 1.96. The van der Waals surface area contributed by atoms with Crippen molar-refractivity contribution in [1.82, 2.24) is 21.4 Å². The van der Waals surface area contributed by atoms with Gasteiger partial charge < -0.3 is 71.9 Å². The smallest absolute Gasteiger partial charge is 0.250 e. The summed E-state index contributed by atoms with van der Waals surface area (Å²) in [4.78, 5) is 12.6. The van der Waals surface area contributed by atoms with E-state index < -0.39 is 78.8 Å². The lowest BCUT2D eigenvalue weighted by atomic mass is 9.83. The van der Waals surface area contributed by atoms with Crippen molar-refractivity contribution in [2.24, 2.45) is 17.3 Å². The molecule has 0 spiro atoms. The van der Waals surface area contributed by atoms with E-state index in [1.807, 2.05) is 0 Å². The van der Waals surface area contributed by atoms with Crippen LogP contribution in [0.4, 0.5) is 0 Å². The number of amides is 1. The van der Waals surface area contributed by atoms with E-state index in [0.29, 0.717) is 25.9 Å². The lowest BCUT2D eigenvalue weighted by molar-refractivity contribution is -0.307. The van der Waals surface area contributed by atoms with E-state index in [9.17, 15) is 25.2 Å². The standard InChI is InChI=1S/C24H49N7O10/c1-24(37)10-38-23(17(35)20(24)28-2)41-19-14(31-21(36)15(33)9-30-27)7-13(26)18(16(19)34)40-22-12(25)4-3-11(39-22)8-29-5-6-32/h11-20,22-23,28-30,32-35,37H,3-10,25-27H2,1-2H3,(H,31,36). The van der Waals surface area contributed by atoms with E-state index in [4.69, 9.17) is 41.4 Å². The number of rotatable bonds is 13. The van der Waals surface area contributed by atoms with Gasteiger partial charge >= 0.3 is 0 Å². The van der Waals surface area contributed by atoms with Crippen LogP contribution in [0.5, 0.6) is 0 Å². The highest BCUT2D eigenvalue weighted by molar-refractivity contribution is 5.81. The molecule has 2 aliphatic heterocycles. The summed E-state index contributed by atoms with van der Waals surface area (Å²) in [5, 5.41) is 60.7. The molecule has 0 aromatic heterocycles. The molecule has 0 aromatic rings. The maximum atomic E-state index is 12.6. The minimum atomic E-state index is -1.49. The Morgan fingerprint density at radius 3 is 2.49 bits per heavy atom. The van der Waals surface area contributed by atoms with Crippen molar-refractivity contribution in [1.29, 1.82) is 0 Å². The van der Waals surface area contributed by atoms with Crippen LogP contribution in [-0.2, 0) is 23.7 Å². The van der Waals surface area contributed by atoms with Gasteiger partial charge in [-0.1, -0.05) is 0 Å². The van der Waals surface area contributed by atoms with Gasteiger partial charge in [-0.3, -0.25) is 16.1 Å². The van der Waals surface area contributed by atoms with E-state index in [2.05, 4.69) is 21.4 Å². The second-order valence-electron chi connectivity index (χ2n) is 11.2. The van der Waals surface area contributed by atoms with Gasteiger partial charge in [-0.2, -0.15) is 0 Å². The Morgan fingerprint density at radius 1 is 1.12 bits per heavy atom. The average molecular weight is 596 g/mol. The van der Waals surface area contributed by atoms with E-state index in [1.165, 1.54) is 6.92 Å². The fourth-order valence-corrected chi connectivity index (χ4v) is 5.59. The third kappa shape index (κ3) is 8.71. The normalized spacial score (nSPS) is 42.5. The lowest BCUT2D eigenvalue weighted by Gasteiger charge is -2.49. The molecule has 3 aliphatic rings. The van der Waals surface area contributed by atoms with Crippen molar-refractivity contribution in [3.8, 4) is 0 Å². The molecule has 17 heteroatoms. The molecule has 2 heterocycles. The summed E-state index contributed by atoms with van der Waals surface area (Å²) in [5.41, 5.74) is 13.5. The van der Waals surface area contributed by atoms with Gasteiger partial charge in [0.2, 0.25) is 0 Å². The van der Waals surface area contributed by atoms with Crippen LogP contribution in [0.25, 0.3) is 0 Å². The van der Waals surface area contributed by atoms with Crippen LogP contribution in [0.3, 0.4) is 0 Å². The highest BCUT2D eigenvalue weighted by Crippen LogP contribution is 2.32. The van der Waals surface area contributed by atoms with Crippen molar-refractivity contribution in [3.05, 3.63) is 0 Å². The largest absolute Gasteiger partial charge is 0.395 e. The minimum Gasteiger partial charge on any atom is -0.395 e. The van der Waals surface area contributed by atoms with Gasteiger partial charge in [0, 0.05) is 25.7 Å². The first-order valence-electron chi connectivity index (χ1n) is 14.0. The zero-order valence-corrected chi connectivity index (χ0v) is 23.6. The molecule has 13 unspecified atom stereocenters. The number of aliphatic hydroxyl groups is 5. The number of hydrazine groups is 1. The van der Waals surface area contributed by atoms with Gasteiger partial charge in [0.25, 0.3) is 5.91 Å². The van der Waals surface area contributed by atoms with Crippen molar-refractivity contribution in [3.63, 3.8) is 0 Å². The summed E-state index contributed by atoms with van der Waals surface area (Å²) in [6, 6.07) is -3.07. The number of ether oxygens (including phenoxy) is 4. The monoisotopic (exact) mass is 595 g/mol. The van der Waals surface area contributed by atoms with Gasteiger partial charge in [-0.05, 0) is 33.2 Å². The molecule has 17 nitrogen and oxygen atoms in total. The van der Waals surface area contributed by atoms with E-state index in [0.717, 1.165) is 0 Å². The molecule has 0 bridgehead atoms. The lowest BCUT2D eigenvalue weighted by Crippen LogP contribution is -2.69. The topological polar surface area (TPSA) is 281 Å². The van der Waals surface area contributed by atoms with Crippen LogP contribution < -0.4 is 38.7 Å². The summed E-state index contributed by atoms with van der Waals surface area (Å²) in [6.07, 6.45) is -7.69. The molecule has 2 saturated heterocycles. The number of nitrogens with two attached hydrogens (primary N) is 3. The zero-order valence-electron chi connectivity index (χ0n) is 23.6. The number of hydrogen-bond acceptors (Lipinski definition) is 16. The number of nitrogens with one attached hydrogen (secondary N) is 4. The van der Waals surface area contributed by atoms with Crippen LogP contribution in [0.1, 0.15) is 26.2 Å². The van der Waals surface area contributed by atoms with E-state index in [-0.39, 0.29) is 32.3 Å². The third-order valence-electron chi connectivity index (χ3n) is 7.84. The van der Waals surface area contributed by atoms with E-state index >= 15 is 0 Å². The van der Waals surface area contributed by atoms with Gasteiger partial charge in [0.05, 0.1) is 37.4 Å². The summed E-state index contributed by atoms with van der Waals surface area (Å²) in [5.74, 6) is 4.44. The summed E-state index contributed by atoms with van der Waals surface area (Å²) < 4.78 is 23.8. The van der Waals surface area contributed by atoms with Crippen LogP contribution >= 0.6 is 0 Å². The first-order chi connectivity index (χ1) is 19.4. The molecule has 0 radical (unpaired) electrons. The number of carbonyl (C=O) groups excluding carboxylic acids is 1. The Hall–Kier alpha value is -1.13. The van der Waals surface area contributed by atoms with Crippen LogP contribution in [0, 0.1) is 0 Å². The van der Waals surface area contributed by atoms with Crippen LogP contribution in [-0.4, -0.2) is 150 Å². The molecule has 1 amide bonds. The highest BCUT2D eigenvalue weighted by Gasteiger charge is 2.52. The Bertz CT molecular complexity index is 817. The Labute approximate surface area is 239 Å².